The summed E-state index contributed by atoms with van der Waals surface area (Å²) in [5.41, 5.74) is 0. The Morgan fingerprint density at radius 3 is 0.833 bits per heavy atom. The molecule has 0 radical (unpaired) electrons. The molecule has 3 nitrogen and oxygen atoms in total. The van der Waals surface area contributed by atoms with E-state index in [1.165, 1.54) is 0 Å². The van der Waals surface area contributed by atoms with Crippen LogP contribution in [0, 0.1) is 0 Å². The van der Waals surface area contributed by atoms with Gasteiger partial charge in [0.15, 0.2) is 0 Å². The Bertz CT molecular complexity index is 145. The molecule has 0 aromatic heterocycles. The van der Waals surface area contributed by atoms with Gasteiger partial charge in [0.1, 0.15) is 0 Å². The van der Waals surface area contributed by atoms with Gasteiger partial charge in [-0.2, -0.15) is 0 Å². The monoisotopic (exact) mass is 360 g/mol. The molecule has 1 saturated heterocycles. The maximum absolute atomic E-state index is 5.97. The van der Waals surface area contributed by atoms with E-state index < -0.39 is 41.8 Å². The fraction of sp³-hybridized carbons (Fsp3) is 1.00. The maximum atomic E-state index is 5.97. The molecule has 1 fully saturated rings. The molecule has 0 atom stereocenters. The van der Waals surface area contributed by atoms with Crippen molar-refractivity contribution in [1.29, 1.82) is 0 Å². The van der Waals surface area contributed by atoms with Crippen LogP contribution in [-0.4, -0.2) is 41.8 Å². The van der Waals surface area contributed by atoms with Crippen LogP contribution in [0.4, 0.5) is 0 Å². The molecular weight excluding hydrogens is 338 g/mol. The summed E-state index contributed by atoms with van der Waals surface area (Å²) in [6.45, 7) is 0. The molecule has 1 heterocycles. The van der Waals surface area contributed by atoms with Gasteiger partial charge in [-0.05, 0) is 0 Å². The zero-order valence-electron chi connectivity index (χ0n) is 8.72. The standard InChI is InChI=1S/C6H18Ge3O3/c1-7(2)10-8(3,4)12-9(5,6)11-7/h1-6H3. The first-order chi connectivity index (χ1) is 5.12. The summed E-state index contributed by atoms with van der Waals surface area (Å²) >= 11 is -6.94. The molecule has 0 aromatic rings. The molecule has 0 amide bonds. The third kappa shape index (κ3) is 3.34. The summed E-state index contributed by atoms with van der Waals surface area (Å²) in [6.07, 6.45) is 0. The van der Waals surface area contributed by atoms with E-state index in [9.17, 15) is 0 Å². The summed E-state index contributed by atoms with van der Waals surface area (Å²) in [5, 5.41) is 0. The van der Waals surface area contributed by atoms with Gasteiger partial charge in [0.05, 0.1) is 0 Å². The van der Waals surface area contributed by atoms with Crippen LogP contribution < -0.4 is 0 Å². The van der Waals surface area contributed by atoms with Gasteiger partial charge in [-0.25, -0.2) is 0 Å². The van der Waals surface area contributed by atoms with Crippen molar-refractivity contribution in [3.05, 3.63) is 0 Å². The van der Waals surface area contributed by atoms with Crippen LogP contribution in [0.3, 0.4) is 0 Å². The topological polar surface area (TPSA) is 27.7 Å². The molecule has 6 heteroatoms. The summed E-state index contributed by atoms with van der Waals surface area (Å²) in [6, 6.07) is 0. The van der Waals surface area contributed by atoms with E-state index in [1.54, 1.807) is 0 Å². The zero-order chi connectivity index (χ0) is 9.62. The first kappa shape index (κ1) is 11.6. The van der Waals surface area contributed by atoms with Crippen molar-refractivity contribution >= 4 is 41.8 Å². The van der Waals surface area contributed by atoms with Crippen LogP contribution >= 0.6 is 0 Å². The van der Waals surface area contributed by atoms with E-state index in [4.69, 9.17) is 8.37 Å². The van der Waals surface area contributed by atoms with Gasteiger partial charge < -0.3 is 0 Å². The van der Waals surface area contributed by atoms with E-state index in [2.05, 4.69) is 34.5 Å². The van der Waals surface area contributed by atoms with Crippen molar-refractivity contribution in [2.45, 2.75) is 34.5 Å². The number of hydrogen-bond donors (Lipinski definition) is 0. The summed E-state index contributed by atoms with van der Waals surface area (Å²) in [7, 11) is 0. The molecule has 72 valence electrons. The van der Waals surface area contributed by atoms with E-state index >= 15 is 0 Å². The Morgan fingerprint density at radius 1 is 0.500 bits per heavy atom. The molecule has 0 bridgehead atoms. The van der Waals surface area contributed by atoms with Crippen molar-refractivity contribution < 1.29 is 8.37 Å². The predicted octanol–water partition coefficient (Wildman–Crippen LogP) is 2.16. The Balaban J connectivity index is 2.81. The summed E-state index contributed by atoms with van der Waals surface area (Å²) in [4.78, 5) is 0. The van der Waals surface area contributed by atoms with E-state index in [0.29, 0.717) is 0 Å². The molecule has 0 unspecified atom stereocenters. The third-order valence-electron chi connectivity index (χ3n) is 1.47. The average Bonchev–Trinajstić information content (AvgIpc) is 1.44. The van der Waals surface area contributed by atoms with Crippen LogP contribution in [0.2, 0.25) is 34.5 Å². The van der Waals surface area contributed by atoms with E-state index in [1.807, 2.05) is 0 Å². The SMILES string of the molecule is [CH3][Ge]1([CH3])[O][Ge]([CH3])([CH3])[O][Ge]([CH3])([CH3])[O]1. The molecular formula is C6H18Ge3O3. The van der Waals surface area contributed by atoms with Crippen LogP contribution in [0.15, 0.2) is 0 Å². The minimum atomic E-state index is -2.31. The van der Waals surface area contributed by atoms with Gasteiger partial charge >= 0.3 is 84.7 Å². The van der Waals surface area contributed by atoms with Gasteiger partial charge in [-0.3, -0.25) is 0 Å². The van der Waals surface area contributed by atoms with Gasteiger partial charge in [-0.15, -0.1) is 0 Å². The molecule has 0 N–H and O–H groups in total. The second-order valence-electron chi connectivity index (χ2n) is 4.51. The van der Waals surface area contributed by atoms with Crippen molar-refractivity contribution in [1.82, 2.24) is 0 Å². The van der Waals surface area contributed by atoms with Crippen LogP contribution in [0.25, 0.3) is 0 Å². The van der Waals surface area contributed by atoms with Gasteiger partial charge in [-0.1, -0.05) is 0 Å². The Kier molecular flexibility index (Phi) is 3.16. The third-order valence-corrected chi connectivity index (χ3v) is 39.8. The Labute approximate surface area is 84.3 Å². The molecule has 1 rings (SSSR count). The Morgan fingerprint density at radius 2 is 0.667 bits per heavy atom. The fourth-order valence-corrected chi connectivity index (χ4v) is 56.7. The van der Waals surface area contributed by atoms with Crippen molar-refractivity contribution in [2.24, 2.45) is 0 Å². The Hall–Kier alpha value is 1.51. The van der Waals surface area contributed by atoms with Crippen molar-refractivity contribution in [2.75, 3.05) is 0 Å². The molecule has 0 spiro atoms. The molecule has 1 aliphatic heterocycles. The first-order valence-corrected chi connectivity index (χ1v) is 22.0. The quantitative estimate of drug-likeness (QED) is 0.623. The van der Waals surface area contributed by atoms with Crippen molar-refractivity contribution in [3.63, 3.8) is 0 Å². The minimum absolute atomic E-state index is 2.17. The molecule has 1 aliphatic rings. The van der Waals surface area contributed by atoms with Crippen LogP contribution in [0.1, 0.15) is 0 Å². The summed E-state index contributed by atoms with van der Waals surface area (Å²) in [5.74, 6) is 13.0. The van der Waals surface area contributed by atoms with Gasteiger partial charge in [0.2, 0.25) is 0 Å². The molecule has 0 aromatic carbocycles. The predicted molar refractivity (Wildman–Crippen MR) is 55.7 cm³/mol. The summed E-state index contributed by atoms with van der Waals surface area (Å²) < 4.78 is 17.9. The second-order valence-corrected chi connectivity index (χ2v) is 30.1. The number of hydrogen-bond acceptors (Lipinski definition) is 3. The average molecular weight is 356 g/mol. The van der Waals surface area contributed by atoms with Gasteiger partial charge in [0, 0.05) is 0 Å². The van der Waals surface area contributed by atoms with Gasteiger partial charge in [0.25, 0.3) is 0 Å². The van der Waals surface area contributed by atoms with E-state index in [0.717, 1.165) is 0 Å². The second kappa shape index (κ2) is 3.27. The molecule has 0 saturated carbocycles. The normalized spacial score (nSPS) is 31.5. The van der Waals surface area contributed by atoms with Crippen LogP contribution in [-0.2, 0) is 8.37 Å². The zero-order valence-corrected chi connectivity index (χ0v) is 15.0. The fourth-order valence-electron chi connectivity index (χ4n) is 1.84. The molecule has 0 aliphatic carbocycles. The number of rotatable bonds is 0. The first-order valence-electron chi connectivity index (χ1n) is 4.22. The van der Waals surface area contributed by atoms with Crippen molar-refractivity contribution in [3.8, 4) is 0 Å². The van der Waals surface area contributed by atoms with Crippen LogP contribution in [0.5, 0.6) is 0 Å². The van der Waals surface area contributed by atoms with E-state index in [-0.39, 0.29) is 0 Å². The molecule has 12 heavy (non-hydrogen) atoms.